The predicted octanol–water partition coefficient (Wildman–Crippen LogP) is 2.35. The number of halogens is 1. The molecule has 0 radical (unpaired) electrons. The molecule has 1 fully saturated rings. The van der Waals surface area contributed by atoms with E-state index in [2.05, 4.69) is 17.3 Å². The van der Waals surface area contributed by atoms with Crippen LogP contribution in [0.15, 0.2) is 24.3 Å². The molecule has 1 aliphatic rings. The number of hydrogen-bond donors (Lipinski definition) is 1. The summed E-state index contributed by atoms with van der Waals surface area (Å²) >= 11 is 0. The summed E-state index contributed by atoms with van der Waals surface area (Å²) in [7, 11) is 2.07. The van der Waals surface area contributed by atoms with Crippen LogP contribution in [0.2, 0.25) is 0 Å². The van der Waals surface area contributed by atoms with Crippen LogP contribution in [-0.2, 0) is 4.74 Å². The molecule has 3 nitrogen and oxygen atoms in total. The summed E-state index contributed by atoms with van der Waals surface area (Å²) in [5.74, 6) is -0.195. The van der Waals surface area contributed by atoms with Gasteiger partial charge >= 0.3 is 0 Å². The first-order valence-corrected chi connectivity index (χ1v) is 6.54. The van der Waals surface area contributed by atoms with E-state index in [4.69, 9.17) is 4.74 Å². The quantitative estimate of drug-likeness (QED) is 0.841. The van der Waals surface area contributed by atoms with Crippen molar-refractivity contribution in [3.63, 3.8) is 0 Å². The van der Waals surface area contributed by atoms with Crippen molar-refractivity contribution >= 4 is 5.69 Å². The number of anilines is 1. The lowest BCUT2D eigenvalue weighted by Crippen LogP contribution is -2.32. The van der Waals surface area contributed by atoms with Crippen LogP contribution < -0.4 is 5.32 Å². The zero-order valence-electron chi connectivity index (χ0n) is 10.9. The fraction of sp³-hybridized carbons (Fsp3) is 0.571. The molecule has 4 heteroatoms. The van der Waals surface area contributed by atoms with Gasteiger partial charge in [-0.2, -0.15) is 0 Å². The van der Waals surface area contributed by atoms with Crippen molar-refractivity contribution < 1.29 is 9.13 Å². The molecule has 1 unspecified atom stereocenters. The molecule has 0 spiro atoms. The van der Waals surface area contributed by atoms with Gasteiger partial charge in [-0.15, -0.1) is 0 Å². The molecule has 18 heavy (non-hydrogen) atoms. The maximum absolute atomic E-state index is 13.3. The Hall–Kier alpha value is -1.13. The molecule has 1 aromatic rings. The van der Waals surface area contributed by atoms with E-state index >= 15 is 0 Å². The molecule has 2 rings (SSSR count). The summed E-state index contributed by atoms with van der Waals surface area (Å²) in [6, 6.07) is 6.76. The molecule has 100 valence electrons. The van der Waals surface area contributed by atoms with Gasteiger partial charge in [-0.1, -0.05) is 12.1 Å². The maximum Gasteiger partial charge on any atom is 0.146 e. The Labute approximate surface area is 108 Å². The third-order valence-electron chi connectivity index (χ3n) is 3.22. The van der Waals surface area contributed by atoms with Gasteiger partial charge in [0.2, 0.25) is 0 Å². The van der Waals surface area contributed by atoms with Crippen LogP contribution in [0, 0.1) is 5.82 Å². The van der Waals surface area contributed by atoms with E-state index in [9.17, 15) is 4.39 Å². The first-order valence-electron chi connectivity index (χ1n) is 6.54. The van der Waals surface area contributed by atoms with Crippen LogP contribution in [0.3, 0.4) is 0 Å². The highest BCUT2D eigenvalue weighted by Crippen LogP contribution is 2.13. The van der Waals surface area contributed by atoms with Gasteiger partial charge in [0.05, 0.1) is 11.8 Å². The van der Waals surface area contributed by atoms with Crippen molar-refractivity contribution in [3.8, 4) is 0 Å². The van der Waals surface area contributed by atoms with Gasteiger partial charge in [0.1, 0.15) is 5.82 Å². The number of rotatable bonds is 6. The Morgan fingerprint density at radius 3 is 3.00 bits per heavy atom. The molecule has 0 amide bonds. The second-order valence-corrected chi connectivity index (χ2v) is 4.80. The van der Waals surface area contributed by atoms with E-state index in [0.29, 0.717) is 11.8 Å². The Kier molecular flexibility index (Phi) is 4.96. The minimum absolute atomic E-state index is 0.195. The Morgan fingerprint density at radius 1 is 1.44 bits per heavy atom. The highest BCUT2D eigenvalue weighted by Gasteiger charge is 2.16. The van der Waals surface area contributed by atoms with E-state index in [1.165, 1.54) is 12.5 Å². The van der Waals surface area contributed by atoms with E-state index in [0.717, 1.165) is 32.7 Å². The van der Waals surface area contributed by atoms with Crippen LogP contribution in [0.5, 0.6) is 0 Å². The van der Waals surface area contributed by atoms with Crippen molar-refractivity contribution in [1.82, 2.24) is 4.90 Å². The fourth-order valence-electron chi connectivity index (χ4n) is 2.21. The highest BCUT2D eigenvalue weighted by molar-refractivity contribution is 5.44. The molecule has 0 aromatic heterocycles. The molecular formula is C14H21FN2O. The van der Waals surface area contributed by atoms with Crippen molar-refractivity contribution in [2.24, 2.45) is 0 Å². The van der Waals surface area contributed by atoms with E-state index < -0.39 is 0 Å². The molecule has 0 saturated carbocycles. The lowest BCUT2D eigenvalue weighted by Gasteiger charge is -2.20. The van der Waals surface area contributed by atoms with Crippen LogP contribution in [0.25, 0.3) is 0 Å². The molecule has 1 aliphatic heterocycles. The van der Waals surface area contributed by atoms with E-state index in [1.54, 1.807) is 12.1 Å². The van der Waals surface area contributed by atoms with Crippen molar-refractivity contribution in [2.45, 2.75) is 18.9 Å². The van der Waals surface area contributed by atoms with Crippen LogP contribution in [0.4, 0.5) is 10.1 Å². The summed E-state index contributed by atoms with van der Waals surface area (Å²) in [6.07, 6.45) is 2.71. The van der Waals surface area contributed by atoms with Crippen LogP contribution in [0.1, 0.15) is 12.8 Å². The molecule has 1 N–H and O–H groups in total. The first kappa shape index (κ1) is 13.3. The summed E-state index contributed by atoms with van der Waals surface area (Å²) in [5, 5.41) is 3.11. The second-order valence-electron chi connectivity index (χ2n) is 4.80. The number of hydrogen-bond acceptors (Lipinski definition) is 3. The van der Waals surface area contributed by atoms with Gasteiger partial charge in [-0.05, 0) is 32.0 Å². The van der Waals surface area contributed by atoms with Crippen LogP contribution in [-0.4, -0.2) is 44.3 Å². The third kappa shape index (κ3) is 3.96. The normalized spacial score (nSPS) is 19.4. The summed E-state index contributed by atoms with van der Waals surface area (Å²) in [5.41, 5.74) is 0.572. The summed E-state index contributed by atoms with van der Waals surface area (Å²) in [4.78, 5) is 2.23. The number of ether oxygens (including phenoxy) is 1. The van der Waals surface area contributed by atoms with Crippen LogP contribution >= 0.6 is 0 Å². The summed E-state index contributed by atoms with van der Waals surface area (Å²) in [6.45, 7) is 3.48. The standard InChI is InChI=1S/C14H21FN2O/c1-17(11-12-5-4-10-18-12)9-8-16-14-7-3-2-6-13(14)15/h2-3,6-7,12,16H,4-5,8-11H2,1H3. The molecule has 1 heterocycles. The van der Waals surface area contributed by atoms with Crippen molar-refractivity contribution in [2.75, 3.05) is 38.6 Å². The van der Waals surface area contributed by atoms with Gasteiger partial charge < -0.3 is 15.0 Å². The van der Waals surface area contributed by atoms with Gasteiger partial charge in [0.25, 0.3) is 0 Å². The van der Waals surface area contributed by atoms with Gasteiger partial charge in [0, 0.05) is 26.2 Å². The first-order chi connectivity index (χ1) is 8.75. The van der Waals surface area contributed by atoms with Gasteiger partial charge in [-0.3, -0.25) is 0 Å². The molecular weight excluding hydrogens is 231 g/mol. The number of para-hydroxylation sites is 1. The lowest BCUT2D eigenvalue weighted by atomic mass is 10.2. The molecule has 1 saturated heterocycles. The van der Waals surface area contributed by atoms with E-state index in [1.807, 2.05) is 6.07 Å². The fourth-order valence-corrected chi connectivity index (χ4v) is 2.21. The average Bonchev–Trinajstić information content (AvgIpc) is 2.84. The molecule has 1 aromatic carbocycles. The average molecular weight is 252 g/mol. The predicted molar refractivity (Wildman–Crippen MR) is 71.4 cm³/mol. The van der Waals surface area contributed by atoms with Crippen molar-refractivity contribution in [3.05, 3.63) is 30.1 Å². The molecule has 0 bridgehead atoms. The Balaban J connectivity index is 1.67. The lowest BCUT2D eigenvalue weighted by molar-refractivity contribution is 0.0823. The number of nitrogens with zero attached hydrogens (tertiary/aromatic N) is 1. The topological polar surface area (TPSA) is 24.5 Å². The highest BCUT2D eigenvalue weighted by atomic mass is 19.1. The van der Waals surface area contributed by atoms with Crippen molar-refractivity contribution in [1.29, 1.82) is 0 Å². The zero-order chi connectivity index (χ0) is 12.8. The summed E-state index contributed by atoms with van der Waals surface area (Å²) < 4.78 is 18.9. The second kappa shape index (κ2) is 6.71. The third-order valence-corrected chi connectivity index (χ3v) is 3.22. The Morgan fingerprint density at radius 2 is 2.28 bits per heavy atom. The molecule has 0 aliphatic carbocycles. The largest absolute Gasteiger partial charge is 0.381 e. The van der Waals surface area contributed by atoms with Gasteiger partial charge in [-0.25, -0.2) is 4.39 Å². The number of likely N-dealkylation sites (N-methyl/N-ethyl adjacent to an activating group) is 1. The Bertz CT molecular complexity index is 367. The SMILES string of the molecule is CN(CCNc1ccccc1F)CC1CCCO1. The van der Waals surface area contributed by atoms with Gasteiger partial charge in [0.15, 0.2) is 0 Å². The minimum Gasteiger partial charge on any atom is -0.381 e. The maximum atomic E-state index is 13.3. The minimum atomic E-state index is -0.195. The smallest absolute Gasteiger partial charge is 0.146 e. The molecule has 1 atom stereocenters. The van der Waals surface area contributed by atoms with E-state index in [-0.39, 0.29) is 5.82 Å². The number of benzene rings is 1. The number of nitrogens with one attached hydrogen (secondary N) is 1. The zero-order valence-corrected chi connectivity index (χ0v) is 10.9. The monoisotopic (exact) mass is 252 g/mol.